The highest BCUT2D eigenvalue weighted by molar-refractivity contribution is 6.30. The minimum atomic E-state index is -3.33. The largest absolute Gasteiger partial charge is 0.307 e. The molecular weight excluding hydrogens is 210 g/mol. The van der Waals surface area contributed by atoms with Gasteiger partial charge in [0.15, 0.2) is 0 Å². The number of rotatable bonds is 2. The molecule has 0 bridgehead atoms. The molecule has 0 saturated carbocycles. The van der Waals surface area contributed by atoms with Crippen molar-refractivity contribution in [1.82, 2.24) is 0 Å². The summed E-state index contributed by atoms with van der Waals surface area (Å²) in [7, 11) is 0. The summed E-state index contributed by atoms with van der Waals surface area (Å²) in [6.07, 6.45) is 0. The van der Waals surface area contributed by atoms with Crippen LogP contribution in [0.15, 0.2) is 18.2 Å². The molecule has 0 aliphatic rings. The Morgan fingerprint density at radius 2 is 2.00 bits per heavy atom. The van der Waals surface area contributed by atoms with Crippen molar-refractivity contribution >= 4 is 17.4 Å². The van der Waals surface area contributed by atoms with Crippen LogP contribution in [0.2, 0.25) is 5.02 Å². The van der Waals surface area contributed by atoms with Crippen LogP contribution >= 0.6 is 11.6 Å². The average molecular weight is 219 g/mol. The first kappa shape index (κ1) is 11.1. The summed E-state index contributed by atoms with van der Waals surface area (Å²) in [6.45, 7) is 2.16. The highest BCUT2D eigenvalue weighted by atomic mass is 35.5. The molecule has 76 valence electrons. The van der Waals surface area contributed by atoms with Gasteiger partial charge in [-0.15, -0.1) is 0 Å². The summed E-state index contributed by atoms with van der Waals surface area (Å²) in [5, 5.41) is 0.429. The lowest BCUT2D eigenvalue weighted by atomic mass is 10.0. The number of ketones is 1. The lowest BCUT2D eigenvalue weighted by Gasteiger charge is -2.10. The van der Waals surface area contributed by atoms with E-state index in [9.17, 15) is 13.6 Å². The van der Waals surface area contributed by atoms with Gasteiger partial charge in [0.2, 0.25) is 5.78 Å². The van der Waals surface area contributed by atoms with Crippen LogP contribution in [-0.4, -0.2) is 11.7 Å². The van der Waals surface area contributed by atoms with E-state index in [1.807, 2.05) is 0 Å². The highest BCUT2D eigenvalue weighted by Gasteiger charge is 2.33. The van der Waals surface area contributed by atoms with Crippen LogP contribution in [0, 0.1) is 6.92 Å². The van der Waals surface area contributed by atoms with Crippen molar-refractivity contribution in [2.24, 2.45) is 0 Å². The monoisotopic (exact) mass is 218 g/mol. The number of hydrogen-bond acceptors (Lipinski definition) is 1. The minimum Gasteiger partial charge on any atom is -0.287 e. The Morgan fingerprint density at radius 1 is 1.43 bits per heavy atom. The third-order valence-corrected chi connectivity index (χ3v) is 2.07. The average Bonchev–Trinajstić information content (AvgIpc) is 2.01. The summed E-state index contributed by atoms with van der Waals surface area (Å²) >= 11 is 5.64. The van der Waals surface area contributed by atoms with Crippen LogP contribution < -0.4 is 0 Å². The summed E-state index contributed by atoms with van der Waals surface area (Å²) in [5.74, 6) is -4.51. The van der Waals surface area contributed by atoms with Crippen LogP contribution in [-0.2, 0) is 0 Å². The predicted octanol–water partition coefficient (Wildman–Crippen LogP) is 3.49. The van der Waals surface area contributed by atoms with Gasteiger partial charge in [-0.3, -0.25) is 4.79 Å². The first-order valence-corrected chi connectivity index (χ1v) is 4.39. The van der Waals surface area contributed by atoms with Crippen LogP contribution in [0.1, 0.15) is 22.8 Å². The molecule has 1 aromatic carbocycles. The molecule has 1 nitrogen and oxygen atoms in total. The molecule has 0 spiro atoms. The Hall–Kier alpha value is -0.960. The number of benzene rings is 1. The van der Waals surface area contributed by atoms with Crippen molar-refractivity contribution in [3.8, 4) is 0 Å². The normalized spacial score (nSPS) is 11.5. The van der Waals surface area contributed by atoms with Crippen molar-refractivity contribution in [2.75, 3.05) is 0 Å². The van der Waals surface area contributed by atoms with E-state index in [-0.39, 0.29) is 5.56 Å². The van der Waals surface area contributed by atoms with E-state index in [4.69, 9.17) is 11.6 Å². The molecule has 14 heavy (non-hydrogen) atoms. The van der Waals surface area contributed by atoms with Crippen molar-refractivity contribution in [1.29, 1.82) is 0 Å². The maximum absolute atomic E-state index is 12.7. The topological polar surface area (TPSA) is 17.1 Å². The van der Waals surface area contributed by atoms with Gasteiger partial charge < -0.3 is 0 Å². The lowest BCUT2D eigenvalue weighted by molar-refractivity contribution is 0.0221. The van der Waals surface area contributed by atoms with E-state index in [0.29, 0.717) is 17.5 Å². The fraction of sp³-hybridized carbons (Fsp3) is 0.300. The smallest absolute Gasteiger partial charge is 0.287 e. The van der Waals surface area contributed by atoms with E-state index in [2.05, 4.69) is 0 Å². The molecule has 0 heterocycles. The molecule has 0 radical (unpaired) electrons. The number of alkyl halides is 2. The molecule has 0 fully saturated rings. The summed E-state index contributed by atoms with van der Waals surface area (Å²) in [5.41, 5.74) is 0.478. The van der Waals surface area contributed by atoms with Crippen LogP contribution in [0.25, 0.3) is 0 Å². The van der Waals surface area contributed by atoms with Crippen LogP contribution in [0.3, 0.4) is 0 Å². The molecule has 0 unspecified atom stereocenters. The van der Waals surface area contributed by atoms with E-state index in [0.717, 1.165) is 0 Å². The minimum absolute atomic E-state index is 0.0156. The first-order valence-electron chi connectivity index (χ1n) is 4.01. The zero-order valence-corrected chi connectivity index (χ0v) is 8.53. The summed E-state index contributed by atoms with van der Waals surface area (Å²) in [4.78, 5) is 11.2. The highest BCUT2D eigenvalue weighted by Crippen LogP contribution is 2.23. The number of carbonyl (C=O) groups is 1. The van der Waals surface area contributed by atoms with Gasteiger partial charge in [0.1, 0.15) is 0 Å². The van der Waals surface area contributed by atoms with Crippen molar-refractivity contribution < 1.29 is 13.6 Å². The molecule has 0 N–H and O–H groups in total. The molecule has 0 aliphatic carbocycles. The second-order valence-electron chi connectivity index (χ2n) is 3.18. The van der Waals surface area contributed by atoms with E-state index in [1.54, 1.807) is 6.92 Å². The van der Waals surface area contributed by atoms with Gasteiger partial charge >= 0.3 is 5.92 Å². The van der Waals surface area contributed by atoms with Gasteiger partial charge in [-0.1, -0.05) is 11.6 Å². The Morgan fingerprint density at radius 3 is 2.43 bits per heavy atom. The van der Waals surface area contributed by atoms with Crippen LogP contribution in [0.5, 0.6) is 0 Å². The molecule has 0 aliphatic heterocycles. The van der Waals surface area contributed by atoms with Gasteiger partial charge in [0.25, 0.3) is 0 Å². The summed E-state index contributed by atoms with van der Waals surface area (Å²) < 4.78 is 25.4. The molecule has 0 amide bonds. The third kappa shape index (κ3) is 2.29. The third-order valence-electron chi connectivity index (χ3n) is 1.83. The number of carbonyl (C=O) groups excluding carboxylic acids is 1. The molecule has 0 aromatic heterocycles. The van der Waals surface area contributed by atoms with Gasteiger partial charge in [0, 0.05) is 17.5 Å². The second-order valence-corrected chi connectivity index (χ2v) is 3.61. The van der Waals surface area contributed by atoms with Gasteiger partial charge in [-0.05, 0) is 30.7 Å². The van der Waals surface area contributed by atoms with Gasteiger partial charge in [-0.2, -0.15) is 8.78 Å². The second kappa shape index (κ2) is 3.65. The number of aryl methyl sites for hydroxylation is 1. The summed E-state index contributed by atoms with van der Waals surface area (Å²) in [6, 6.07) is 4.23. The Bertz CT molecular complexity index is 369. The lowest BCUT2D eigenvalue weighted by Crippen LogP contribution is -2.25. The van der Waals surface area contributed by atoms with E-state index in [1.165, 1.54) is 18.2 Å². The van der Waals surface area contributed by atoms with Crippen LogP contribution in [0.4, 0.5) is 8.78 Å². The maximum Gasteiger partial charge on any atom is 0.307 e. The fourth-order valence-electron chi connectivity index (χ4n) is 1.12. The maximum atomic E-state index is 12.7. The zero-order chi connectivity index (χ0) is 10.9. The van der Waals surface area contributed by atoms with Crippen molar-refractivity contribution in [2.45, 2.75) is 19.8 Å². The molecule has 0 atom stereocenters. The van der Waals surface area contributed by atoms with E-state index < -0.39 is 11.7 Å². The van der Waals surface area contributed by atoms with Crippen molar-refractivity contribution in [3.05, 3.63) is 34.3 Å². The van der Waals surface area contributed by atoms with Gasteiger partial charge in [0.05, 0.1) is 0 Å². The van der Waals surface area contributed by atoms with Crippen molar-refractivity contribution in [3.63, 3.8) is 0 Å². The molecule has 1 aromatic rings. The standard InChI is InChI=1S/C10H9ClF2O/c1-6-5-7(11)3-4-8(6)9(14)10(2,12)13/h3-5H,1-2H3. The fourth-order valence-corrected chi connectivity index (χ4v) is 1.34. The Labute approximate surface area is 85.7 Å². The number of hydrogen-bond donors (Lipinski definition) is 0. The first-order chi connectivity index (χ1) is 6.32. The Kier molecular flexibility index (Phi) is 2.90. The number of halogens is 3. The number of Topliss-reactive ketones (excluding diaryl/α,β-unsaturated/α-hetero) is 1. The van der Waals surface area contributed by atoms with Gasteiger partial charge in [-0.25, -0.2) is 0 Å². The van der Waals surface area contributed by atoms with E-state index >= 15 is 0 Å². The molecule has 4 heteroatoms. The Balaban J connectivity index is 3.15. The molecule has 0 saturated heterocycles. The SMILES string of the molecule is Cc1cc(Cl)ccc1C(=O)C(C)(F)F. The molecule has 1 rings (SSSR count). The quantitative estimate of drug-likeness (QED) is 0.695. The zero-order valence-electron chi connectivity index (χ0n) is 7.77. The predicted molar refractivity (Wildman–Crippen MR) is 51.1 cm³/mol. The molecular formula is C10H9ClF2O.